The molecule has 0 atom stereocenters. The maximum atomic E-state index is 13.1. The van der Waals surface area contributed by atoms with Gasteiger partial charge in [-0.1, -0.05) is 30.3 Å². The number of carbonyl (C=O) groups is 1. The van der Waals surface area contributed by atoms with Crippen molar-refractivity contribution < 1.29 is 18.0 Å². The van der Waals surface area contributed by atoms with Crippen LogP contribution in [0.5, 0.6) is 0 Å². The number of fused-ring (bicyclic) bond motifs is 1. The third-order valence-corrected chi connectivity index (χ3v) is 4.64. The lowest BCUT2D eigenvalue weighted by Crippen LogP contribution is -2.24. The number of nitrogens with one attached hydrogen (secondary N) is 1. The lowest BCUT2D eigenvalue weighted by Gasteiger charge is -2.13. The number of amides is 1. The molecule has 0 aliphatic carbocycles. The van der Waals surface area contributed by atoms with Crippen LogP contribution in [0.1, 0.15) is 12.0 Å². The zero-order valence-corrected chi connectivity index (χ0v) is 16.0. The molecule has 0 unspecified atom stereocenters. The van der Waals surface area contributed by atoms with Crippen LogP contribution in [0.3, 0.4) is 0 Å². The van der Waals surface area contributed by atoms with Crippen LogP contribution < -0.4 is 10.9 Å². The van der Waals surface area contributed by atoms with Gasteiger partial charge >= 0.3 is 6.18 Å². The van der Waals surface area contributed by atoms with Gasteiger partial charge < -0.3 is 5.32 Å². The Kier molecular flexibility index (Phi) is 5.28. The predicted octanol–water partition coefficient (Wildman–Crippen LogP) is 3.63. The highest BCUT2D eigenvalue weighted by atomic mass is 19.4. The first-order valence-corrected chi connectivity index (χ1v) is 9.29. The van der Waals surface area contributed by atoms with Gasteiger partial charge in [0.05, 0.1) is 29.5 Å². The van der Waals surface area contributed by atoms with Crippen LogP contribution in [-0.2, 0) is 17.5 Å². The summed E-state index contributed by atoms with van der Waals surface area (Å²) in [4.78, 5) is 29.2. The summed E-state index contributed by atoms with van der Waals surface area (Å²) in [5, 5.41) is 6.74. The SMILES string of the molecule is O=C(CCn1cnc2c(cnn2-c2ccccc2)c1=O)Nc1ccccc1C(F)(F)F. The minimum absolute atomic E-state index is 0.0433. The Morgan fingerprint density at radius 1 is 1.03 bits per heavy atom. The third-order valence-electron chi connectivity index (χ3n) is 4.64. The zero-order chi connectivity index (χ0) is 22.0. The normalized spacial score (nSPS) is 11.6. The van der Waals surface area contributed by atoms with Crippen LogP contribution in [-0.4, -0.2) is 25.2 Å². The first kappa shape index (κ1) is 20.3. The number of para-hydroxylation sites is 2. The van der Waals surface area contributed by atoms with Crippen molar-refractivity contribution in [1.82, 2.24) is 19.3 Å². The van der Waals surface area contributed by atoms with Gasteiger partial charge in [0, 0.05) is 13.0 Å². The number of hydrogen-bond acceptors (Lipinski definition) is 4. The molecule has 31 heavy (non-hydrogen) atoms. The van der Waals surface area contributed by atoms with E-state index >= 15 is 0 Å². The van der Waals surface area contributed by atoms with E-state index < -0.39 is 23.2 Å². The molecule has 2 aromatic carbocycles. The second-order valence-electron chi connectivity index (χ2n) is 6.71. The number of anilines is 1. The van der Waals surface area contributed by atoms with E-state index in [-0.39, 0.29) is 24.0 Å². The maximum absolute atomic E-state index is 13.1. The molecule has 1 amide bonds. The van der Waals surface area contributed by atoms with Crippen LogP contribution in [0, 0.1) is 0 Å². The number of nitrogens with zero attached hydrogens (tertiary/aromatic N) is 4. The van der Waals surface area contributed by atoms with Gasteiger partial charge in [0.25, 0.3) is 5.56 Å². The molecule has 0 saturated heterocycles. The molecule has 0 radical (unpaired) electrons. The molecule has 0 aliphatic heterocycles. The number of benzene rings is 2. The Bertz CT molecular complexity index is 1300. The highest BCUT2D eigenvalue weighted by Crippen LogP contribution is 2.34. The van der Waals surface area contributed by atoms with Crippen molar-refractivity contribution in [3.8, 4) is 5.69 Å². The summed E-state index contributed by atoms with van der Waals surface area (Å²) in [6.45, 7) is -0.0433. The summed E-state index contributed by atoms with van der Waals surface area (Å²) in [5.41, 5.74) is -0.543. The largest absolute Gasteiger partial charge is 0.418 e. The molecule has 0 spiro atoms. The Morgan fingerprint density at radius 3 is 2.48 bits per heavy atom. The molecular formula is C21H16F3N5O2. The Hall–Kier alpha value is -3.95. The molecule has 2 heterocycles. The van der Waals surface area contributed by atoms with Crippen LogP contribution in [0.15, 0.2) is 71.9 Å². The van der Waals surface area contributed by atoms with E-state index in [4.69, 9.17) is 0 Å². The summed E-state index contributed by atoms with van der Waals surface area (Å²) in [5.74, 6) is -0.649. The molecule has 2 aromatic heterocycles. The lowest BCUT2D eigenvalue weighted by atomic mass is 10.1. The molecule has 10 heteroatoms. The van der Waals surface area contributed by atoms with Gasteiger partial charge in [0.15, 0.2) is 5.65 Å². The minimum Gasteiger partial charge on any atom is -0.325 e. The number of rotatable bonds is 5. The molecule has 4 aromatic rings. The standard InChI is InChI=1S/C21H16F3N5O2/c22-21(23,24)16-8-4-5-9-17(16)27-18(30)10-11-28-13-25-19-15(20(28)31)12-26-29(19)14-6-2-1-3-7-14/h1-9,12-13H,10-11H2,(H,27,30). The number of halogens is 3. The van der Waals surface area contributed by atoms with Gasteiger partial charge in [-0.2, -0.15) is 18.3 Å². The predicted molar refractivity (Wildman–Crippen MR) is 108 cm³/mol. The van der Waals surface area contributed by atoms with Gasteiger partial charge in [0.2, 0.25) is 5.91 Å². The van der Waals surface area contributed by atoms with Crippen LogP contribution >= 0.6 is 0 Å². The quantitative estimate of drug-likeness (QED) is 0.527. The van der Waals surface area contributed by atoms with Gasteiger partial charge in [0.1, 0.15) is 5.39 Å². The zero-order valence-electron chi connectivity index (χ0n) is 16.0. The van der Waals surface area contributed by atoms with Crippen molar-refractivity contribution in [2.45, 2.75) is 19.1 Å². The Morgan fingerprint density at radius 2 is 1.74 bits per heavy atom. The average molecular weight is 427 g/mol. The van der Waals surface area contributed by atoms with E-state index in [0.717, 1.165) is 11.8 Å². The van der Waals surface area contributed by atoms with E-state index in [9.17, 15) is 22.8 Å². The van der Waals surface area contributed by atoms with E-state index in [2.05, 4.69) is 15.4 Å². The summed E-state index contributed by atoms with van der Waals surface area (Å²) < 4.78 is 41.9. The van der Waals surface area contributed by atoms with Gasteiger partial charge in [-0.05, 0) is 24.3 Å². The van der Waals surface area contributed by atoms with E-state index in [1.165, 1.54) is 40.0 Å². The van der Waals surface area contributed by atoms with Gasteiger partial charge in [-0.25, -0.2) is 9.67 Å². The fourth-order valence-corrected chi connectivity index (χ4v) is 3.14. The van der Waals surface area contributed by atoms with E-state index in [1.54, 1.807) is 0 Å². The summed E-state index contributed by atoms with van der Waals surface area (Å²) in [6, 6.07) is 13.9. The van der Waals surface area contributed by atoms with Crippen LogP contribution in [0.2, 0.25) is 0 Å². The second kappa shape index (κ2) is 8.05. The first-order valence-electron chi connectivity index (χ1n) is 9.29. The fraction of sp³-hybridized carbons (Fsp3) is 0.143. The second-order valence-corrected chi connectivity index (χ2v) is 6.71. The van der Waals surface area contributed by atoms with Crippen molar-refractivity contribution in [3.63, 3.8) is 0 Å². The number of aryl methyl sites for hydroxylation is 1. The van der Waals surface area contributed by atoms with Crippen molar-refractivity contribution in [3.05, 3.63) is 83.0 Å². The van der Waals surface area contributed by atoms with E-state index in [1.807, 2.05) is 30.3 Å². The first-order chi connectivity index (χ1) is 14.8. The van der Waals surface area contributed by atoms with Crippen molar-refractivity contribution >= 4 is 22.6 Å². The number of carbonyl (C=O) groups excluding carboxylic acids is 1. The average Bonchev–Trinajstić information content (AvgIpc) is 3.18. The number of aromatic nitrogens is 4. The maximum Gasteiger partial charge on any atom is 0.418 e. The van der Waals surface area contributed by atoms with Gasteiger partial charge in [-0.15, -0.1) is 0 Å². The van der Waals surface area contributed by atoms with Gasteiger partial charge in [-0.3, -0.25) is 14.2 Å². The molecule has 0 aliphatic rings. The molecule has 1 N–H and O–H groups in total. The van der Waals surface area contributed by atoms with Crippen LogP contribution in [0.4, 0.5) is 18.9 Å². The number of hydrogen-bond donors (Lipinski definition) is 1. The molecule has 7 nitrogen and oxygen atoms in total. The minimum atomic E-state index is -4.59. The fourth-order valence-electron chi connectivity index (χ4n) is 3.14. The van der Waals surface area contributed by atoms with Crippen molar-refractivity contribution in [2.75, 3.05) is 5.32 Å². The smallest absolute Gasteiger partial charge is 0.325 e. The molecule has 0 saturated carbocycles. The molecule has 0 fully saturated rings. The topological polar surface area (TPSA) is 81.8 Å². The third kappa shape index (κ3) is 4.18. The monoisotopic (exact) mass is 427 g/mol. The van der Waals surface area contributed by atoms with Crippen molar-refractivity contribution in [2.24, 2.45) is 0 Å². The summed E-state index contributed by atoms with van der Waals surface area (Å²) in [7, 11) is 0. The summed E-state index contributed by atoms with van der Waals surface area (Å²) in [6.07, 6.45) is -2.10. The Balaban J connectivity index is 1.51. The molecule has 158 valence electrons. The molecular weight excluding hydrogens is 411 g/mol. The highest BCUT2D eigenvalue weighted by Gasteiger charge is 2.33. The number of alkyl halides is 3. The summed E-state index contributed by atoms with van der Waals surface area (Å²) >= 11 is 0. The molecule has 0 bridgehead atoms. The molecule has 4 rings (SSSR count). The van der Waals surface area contributed by atoms with Crippen molar-refractivity contribution in [1.29, 1.82) is 0 Å². The Labute approximate surface area is 173 Å². The highest BCUT2D eigenvalue weighted by molar-refractivity contribution is 5.91. The lowest BCUT2D eigenvalue weighted by molar-refractivity contribution is -0.137. The van der Waals surface area contributed by atoms with Crippen LogP contribution in [0.25, 0.3) is 16.7 Å². The van der Waals surface area contributed by atoms with E-state index in [0.29, 0.717) is 5.65 Å².